The predicted octanol–water partition coefficient (Wildman–Crippen LogP) is 2.40. The van der Waals surface area contributed by atoms with Gasteiger partial charge in [0.2, 0.25) is 15.9 Å². The van der Waals surface area contributed by atoms with E-state index in [4.69, 9.17) is 11.6 Å². The zero-order chi connectivity index (χ0) is 16.0. The molecule has 116 valence electrons. The first kappa shape index (κ1) is 16.5. The van der Waals surface area contributed by atoms with Crippen molar-refractivity contribution in [2.75, 3.05) is 11.9 Å². The molecule has 1 amide bonds. The van der Waals surface area contributed by atoms with Gasteiger partial charge < -0.3 is 5.32 Å². The summed E-state index contributed by atoms with van der Waals surface area (Å²) in [6.07, 6.45) is 0. The lowest BCUT2D eigenvalue weighted by Crippen LogP contribution is -2.33. The second kappa shape index (κ2) is 7.40. The van der Waals surface area contributed by atoms with Crippen molar-refractivity contribution in [1.82, 2.24) is 4.72 Å². The minimum Gasteiger partial charge on any atom is -0.325 e. The first-order valence-corrected chi connectivity index (χ1v) is 8.54. The van der Waals surface area contributed by atoms with E-state index in [-0.39, 0.29) is 12.3 Å². The minimum atomic E-state index is -3.59. The molecule has 0 radical (unpaired) electrons. The maximum absolute atomic E-state index is 11.9. The number of anilines is 1. The monoisotopic (exact) mass is 338 g/mol. The molecule has 0 unspecified atom stereocenters. The standard InChI is InChI=1S/C15H15ClN2O3S/c16-13-8-6-12(7-9-13)11-22(20,21)17-10-15(19)18-14-4-2-1-3-5-14/h1-9,17H,10-11H2,(H,18,19). The molecular weight excluding hydrogens is 324 g/mol. The van der Waals surface area contributed by atoms with Gasteiger partial charge >= 0.3 is 0 Å². The van der Waals surface area contributed by atoms with Gasteiger partial charge in [0.1, 0.15) is 0 Å². The highest BCUT2D eigenvalue weighted by Gasteiger charge is 2.13. The average molecular weight is 339 g/mol. The van der Waals surface area contributed by atoms with Crippen molar-refractivity contribution in [3.05, 3.63) is 65.2 Å². The number of hydrogen-bond acceptors (Lipinski definition) is 3. The van der Waals surface area contributed by atoms with Gasteiger partial charge in [-0.1, -0.05) is 41.9 Å². The second-order valence-corrected chi connectivity index (χ2v) is 6.86. The third-order valence-corrected chi connectivity index (χ3v) is 4.33. The number of carbonyl (C=O) groups is 1. The molecular formula is C15H15ClN2O3S. The molecule has 0 aliphatic carbocycles. The van der Waals surface area contributed by atoms with Crippen LogP contribution in [-0.2, 0) is 20.6 Å². The molecule has 0 bridgehead atoms. The summed E-state index contributed by atoms with van der Waals surface area (Å²) in [4.78, 5) is 11.7. The lowest BCUT2D eigenvalue weighted by atomic mass is 10.2. The average Bonchev–Trinajstić information content (AvgIpc) is 2.49. The summed E-state index contributed by atoms with van der Waals surface area (Å²) in [5.41, 5.74) is 1.21. The number of carbonyl (C=O) groups excluding carboxylic acids is 1. The molecule has 0 aliphatic heterocycles. The molecule has 2 N–H and O–H groups in total. The Morgan fingerprint density at radius 2 is 1.64 bits per heavy atom. The van der Waals surface area contributed by atoms with Crippen LogP contribution in [0.2, 0.25) is 5.02 Å². The van der Waals surface area contributed by atoms with Crippen molar-refractivity contribution in [2.24, 2.45) is 0 Å². The van der Waals surface area contributed by atoms with Gasteiger partial charge in [-0.05, 0) is 29.8 Å². The molecule has 0 heterocycles. The highest BCUT2D eigenvalue weighted by atomic mass is 35.5. The van der Waals surface area contributed by atoms with Gasteiger partial charge in [0.25, 0.3) is 0 Å². The van der Waals surface area contributed by atoms with Crippen LogP contribution < -0.4 is 10.0 Å². The molecule has 0 saturated heterocycles. The van der Waals surface area contributed by atoms with Crippen molar-refractivity contribution in [3.8, 4) is 0 Å². The summed E-state index contributed by atoms with van der Waals surface area (Å²) < 4.78 is 26.1. The Balaban J connectivity index is 1.87. The van der Waals surface area contributed by atoms with E-state index in [2.05, 4.69) is 10.0 Å². The number of para-hydroxylation sites is 1. The van der Waals surface area contributed by atoms with Gasteiger partial charge in [-0.15, -0.1) is 0 Å². The number of rotatable bonds is 6. The van der Waals surface area contributed by atoms with Crippen LogP contribution >= 0.6 is 11.6 Å². The fraction of sp³-hybridized carbons (Fsp3) is 0.133. The first-order chi connectivity index (χ1) is 10.4. The van der Waals surface area contributed by atoms with Gasteiger partial charge in [0.05, 0.1) is 12.3 Å². The summed E-state index contributed by atoms with van der Waals surface area (Å²) in [7, 11) is -3.59. The minimum absolute atomic E-state index is 0.206. The zero-order valence-corrected chi connectivity index (χ0v) is 13.2. The molecule has 22 heavy (non-hydrogen) atoms. The van der Waals surface area contributed by atoms with Gasteiger partial charge in [-0.25, -0.2) is 13.1 Å². The van der Waals surface area contributed by atoms with Crippen LogP contribution in [0, 0.1) is 0 Å². The molecule has 0 aromatic heterocycles. The fourth-order valence-corrected chi connectivity index (χ4v) is 2.96. The summed E-state index contributed by atoms with van der Waals surface area (Å²) >= 11 is 5.74. The number of benzene rings is 2. The second-order valence-electron chi connectivity index (χ2n) is 4.62. The third kappa shape index (κ3) is 5.48. The SMILES string of the molecule is O=C(CNS(=O)(=O)Cc1ccc(Cl)cc1)Nc1ccccc1. The van der Waals surface area contributed by atoms with E-state index in [0.717, 1.165) is 0 Å². The highest BCUT2D eigenvalue weighted by molar-refractivity contribution is 7.88. The summed E-state index contributed by atoms with van der Waals surface area (Å²) in [5, 5.41) is 3.14. The van der Waals surface area contributed by atoms with Crippen LogP contribution in [-0.4, -0.2) is 20.9 Å². The molecule has 5 nitrogen and oxygen atoms in total. The normalized spacial score (nSPS) is 11.1. The van der Waals surface area contributed by atoms with Crippen LogP contribution in [0.4, 0.5) is 5.69 Å². The third-order valence-electron chi connectivity index (χ3n) is 2.78. The Labute approximate surface area is 134 Å². The fourth-order valence-electron chi connectivity index (χ4n) is 1.75. The van der Waals surface area contributed by atoms with Crippen LogP contribution in [0.1, 0.15) is 5.56 Å². The lowest BCUT2D eigenvalue weighted by Gasteiger charge is -2.08. The van der Waals surface area contributed by atoms with E-state index < -0.39 is 15.9 Å². The smallest absolute Gasteiger partial charge is 0.239 e. The quantitative estimate of drug-likeness (QED) is 0.849. The van der Waals surface area contributed by atoms with E-state index in [9.17, 15) is 13.2 Å². The summed E-state index contributed by atoms with van der Waals surface area (Å²) in [5.74, 6) is -0.631. The van der Waals surface area contributed by atoms with Gasteiger partial charge in [-0.2, -0.15) is 0 Å². The van der Waals surface area contributed by atoms with Crippen molar-refractivity contribution in [1.29, 1.82) is 0 Å². The molecule has 0 fully saturated rings. The largest absolute Gasteiger partial charge is 0.325 e. The molecule has 7 heteroatoms. The number of nitrogens with one attached hydrogen (secondary N) is 2. The van der Waals surface area contributed by atoms with Gasteiger partial charge in [0, 0.05) is 10.7 Å². The Morgan fingerprint density at radius 1 is 1.00 bits per heavy atom. The van der Waals surface area contributed by atoms with Crippen LogP contribution in [0.5, 0.6) is 0 Å². The van der Waals surface area contributed by atoms with E-state index >= 15 is 0 Å². The Kier molecular flexibility index (Phi) is 5.54. The number of hydrogen-bond donors (Lipinski definition) is 2. The summed E-state index contributed by atoms with van der Waals surface area (Å²) in [6, 6.07) is 15.3. The molecule has 0 aliphatic rings. The molecule has 2 aromatic carbocycles. The maximum atomic E-state index is 11.9. The Hall–Kier alpha value is -1.89. The van der Waals surface area contributed by atoms with E-state index in [0.29, 0.717) is 16.3 Å². The van der Waals surface area contributed by atoms with Crippen molar-refractivity contribution in [3.63, 3.8) is 0 Å². The zero-order valence-electron chi connectivity index (χ0n) is 11.6. The first-order valence-electron chi connectivity index (χ1n) is 6.51. The number of sulfonamides is 1. The van der Waals surface area contributed by atoms with Crippen molar-refractivity contribution in [2.45, 2.75) is 5.75 Å². The van der Waals surface area contributed by atoms with E-state index in [1.165, 1.54) is 0 Å². The maximum Gasteiger partial charge on any atom is 0.239 e. The molecule has 2 aromatic rings. The van der Waals surface area contributed by atoms with Gasteiger partial charge in [-0.3, -0.25) is 4.79 Å². The van der Waals surface area contributed by atoms with Crippen molar-refractivity contribution >= 4 is 33.2 Å². The predicted molar refractivity (Wildman–Crippen MR) is 87.2 cm³/mol. The Morgan fingerprint density at radius 3 is 2.27 bits per heavy atom. The molecule has 0 spiro atoms. The van der Waals surface area contributed by atoms with Crippen LogP contribution in [0.3, 0.4) is 0 Å². The summed E-state index contributed by atoms with van der Waals surface area (Å²) in [6.45, 7) is -0.315. The highest BCUT2D eigenvalue weighted by Crippen LogP contribution is 2.11. The molecule has 2 rings (SSSR count). The van der Waals surface area contributed by atoms with E-state index in [1.54, 1.807) is 48.5 Å². The number of amides is 1. The van der Waals surface area contributed by atoms with Crippen LogP contribution in [0.25, 0.3) is 0 Å². The van der Waals surface area contributed by atoms with Gasteiger partial charge in [0.15, 0.2) is 0 Å². The Bertz CT molecular complexity index is 731. The topological polar surface area (TPSA) is 75.3 Å². The van der Waals surface area contributed by atoms with Crippen LogP contribution in [0.15, 0.2) is 54.6 Å². The number of halogens is 1. The van der Waals surface area contributed by atoms with Crippen molar-refractivity contribution < 1.29 is 13.2 Å². The molecule has 0 saturated carbocycles. The lowest BCUT2D eigenvalue weighted by molar-refractivity contribution is -0.115. The van der Waals surface area contributed by atoms with E-state index in [1.807, 2.05) is 6.07 Å². The molecule has 0 atom stereocenters.